The molecule has 1 saturated carbocycles. The molecule has 1 saturated heterocycles. The molecule has 216 valence electrons. The zero-order chi connectivity index (χ0) is 27.7. The van der Waals surface area contributed by atoms with Gasteiger partial charge >= 0.3 is 11.8 Å². The van der Waals surface area contributed by atoms with Gasteiger partial charge in [-0.25, -0.2) is 14.3 Å². The minimum absolute atomic E-state index is 0.0332. The second-order valence-corrected chi connectivity index (χ2v) is 14.3. The van der Waals surface area contributed by atoms with E-state index in [1.54, 1.807) is 21.0 Å². The Hall–Kier alpha value is -1.55. The maximum Gasteiger partial charge on any atom is 0.410 e. The number of rotatable bonds is 10. The molecule has 2 heterocycles. The number of nitrogens with zero attached hydrogens (tertiary/aromatic N) is 3. The number of aromatic amines is 1. The molecule has 0 aromatic carbocycles. The summed E-state index contributed by atoms with van der Waals surface area (Å²) >= 11 is 0. The molecule has 1 aromatic rings. The van der Waals surface area contributed by atoms with Gasteiger partial charge in [0.25, 0.3) is 12.8 Å². The topological polar surface area (TPSA) is 132 Å². The number of nitrogens with one attached hydrogen (secondary N) is 1. The SMILES string of the molecule is Cc1cn(C2CN(C(=O)OCCCOC3CCCCCCC3)CC(COP(=O)(P)N(C)C)O2)c(=O)[nH]c1=O. The van der Waals surface area contributed by atoms with Gasteiger partial charge in [0, 0.05) is 18.2 Å². The summed E-state index contributed by atoms with van der Waals surface area (Å²) in [7, 11) is 2.33. The Bertz CT molecular complexity index is 1070. The van der Waals surface area contributed by atoms with Gasteiger partial charge in [-0.15, -0.1) is 0 Å². The average molecular weight is 577 g/mol. The molecule has 4 unspecified atom stereocenters. The number of carbonyl (C=O) groups excluding carboxylic acids is 1. The zero-order valence-electron chi connectivity index (χ0n) is 22.6. The monoisotopic (exact) mass is 576 g/mol. The first-order valence-electron chi connectivity index (χ1n) is 13.3. The normalized spacial score (nSPS) is 23.0. The van der Waals surface area contributed by atoms with Crippen LogP contribution in [0.3, 0.4) is 0 Å². The minimum atomic E-state index is -3.13. The summed E-state index contributed by atoms with van der Waals surface area (Å²) in [5.41, 5.74) is -0.821. The van der Waals surface area contributed by atoms with Crippen LogP contribution in [-0.4, -0.2) is 84.4 Å². The predicted molar refractivity (Wildman–Crippen MR) is 147 cm³/mol. The molecule has 14 heteroatoms. The molecule has 12 nitrogen and oxygen atoms in total. The van der Waals surface area contributed by atoms with E-state index in [0.717, 1.165) is 12.8 Å². The summed E-state index contributed by atoms with van der Waals surface area (Å²) < 4.78 is 38.4. The number of aromatic nitrogens is 2. The van der Waals surface area contributed by atoms with Crippen LogP contribution in [0.4, 0.5) is 4.79 Å². The van der Waals surface area contributed by atoms with Gasteiger partial charge in [-0.2, -0.15) is 0 Å². The van der Waals surface area contributed by atoms with Crippen LogP contribution < -0.4 is 11.2 Å². The van der Waals surface area contributed by atoms with E-state index in [-0.39, 0.29) is 32.4 Å². The Morgan fingerprint density at radius 2 is 1.84 bits per heavy atom. The number of H-pyrrole nitrogens is 1. The maximum atomic E-state index is 12.9. The molecule has 0 bridgehead atoms. The number of ether oxygens (including phenoxy) is 3. The minimum Gasteiger partial charge on any atom is -0.449 e. The van der Waals surface area contributed by atoms with E-state index in [1.807, 2.05) is 0 Å². The van der Waals surface area contributed by atoms with Crippen molar-refractivity contribution in [3.63, 3.8) is 0 Å². The van der Waals surface area contributed by atoms with E-state index in [4.69, 9.17) is 18.7 Å². The molecule has 1 amide bonds. The van der Waals surface area contributed by atoms with E-state index in [0.29, 0.717) is 18.6 Å². The lowest BCUT2D eigenvalue weighted by Gasteiger charge is -2.38. The third-order valence-corrected chi connectivity index (χ3v) is 10.3. The molecule has 0 radical (unpaired) electrons. The van der Waals surface area contributed by atoms with Gasteiger partial charge in [-0.1, -0.05) is 32.1 Å². The average Bonchev–Trinajstić information content (AvgIpc) is 2.85. The van der Waals surface area contributed by atoms with Gasteiger partial charge < -0.3 is 23.6 Å². The van der Waals surface area contributed by atoms with Crippen LogP contribution in [0.5, 0.6) is 0 Å². The highest BCUT2D eigenvalue weighted by Crippen LogP contribution is 2.56. The maximum absolute atomic E-state index is 12.9. The Kier molecular flexibility index (Phi) is 12.0. The Morgan fingerprint density at radius 1 is 1.16 bits per heavy atom. The zero-order valence-corrected chi connectivity index (χ0v) is 24.7. The van der Waals surface area contributed by atoms with E-state index in [9.17, 15) is 18.9 Å². The van der Waals surface area contributed by atoms with Crippen LogP contribution in [0, 0.1) is 6.92 Å². The summed E-state index contributed by atoms with van der Waals surface area (Å²) in [6.07, 6.45) is 8.52. The lowest BCUT2D eigenvalue weighted by atomic mass is 9.99. The number of hydrogen-bond acceptors (Lipinski definition) is 8. The van der Waals surface area contributed by atoms with Crippen molar-refractivity contribution >= 4 is 22.2 Å². The van der Waals surface area contributed by atoms with Crippen LogP contribution in [0.2, 0.25) is 0 Å². The van der Waals surface area contributed by atoms with Gasteiger partial charge in [-0.05, 0) is 42.8 Å². The molecule has 0 spiro atoms. The first-order chi connectivity index (χ1) is 18.1. The molecule has 2 fully saturated rings. The van der Waals surface area contributed by atoms with E-state index >= 15 is 0 Å². The fourth-order valence-corrected chi connectivity index (χ4v) is 5.33. The molecule has 3 rings (SSSR count). The highest BCUT2D eigenvalue weighted by molar-refractivity contribution is 8.13. The van der Waals surface area contributed by atoms with Gasteiger partial charge in [0.15, 0.2) is 6.23 Å². The summed E-state index contributed by atoms with van der Waals surface area (Å²) in [6, 6.07) is 0. The lowest BCUT2D eigenvalue weighted by Crippen LogP contribution is -2.52. The van der Waals surface area contributed by atoms with Crippen LogP contribution in [0.25, 0.3) is 0 Å². The smallest absolute Gasteiger partial charge is 0.410 e. The fourth-order valence-electron chi connectivity index (χ4n) is 4.46. The standard InChI is InChI=1S/C24H42N4O8P2/c1-18-14-28(23(30)25-22(18)29)21-16-27(15-20(36-21)17-35-38(32,37)26(2)3)24(31)34-13-9-12-33-19-10-7-5-4-6-8-11-19/h14,19-21H,4-13,15-17,37H2,1-3H3,(H,25,29,30). The number of morpholine rings is 1. The second-order valence-electron chi connectivity index (χ2n) is 10.1. The van der Waals surface area contributed by atoms with Crippen LogP contribution in [0.15, 0.2) is 15.8 Å². The molecule has 1 aromatic heterocycles. The number of aryl methyl sites for hydroxylation is 1. The van der Waals surface area contributed by atoms with Crippen molar-refractivity contribution < 1.29 is 28.1 Å². The first kappa shape index (κ1) is 31.0. The summed E-state index contributed by atoms with van der Waals surface area (Å²) in [5.74, 6) is 0. The van der Waals surface area contributed by atoms with Gasteiger partial charge in [-0.3, -0.25) is 18.9 Å². The molecule has 38 heavy (non-hydrogen) atoms. The number of hydrogen-bond donors (Lipinski definition) is 1. The second kappa shape index (κ2) is 14.7. The van der Waals surface area contributed by atoms with Gasteiger partial charge in [0.05, 0.1) is 39.0 Å². The van der Waals surface area contributed by atoms with Crippen molar-refractivity contribution in [1.29, 1.82) is 0 Å². The fraction of sp³-hybridized carbons (Fsp3) is 0.792. The molecule has 1 aliphatic heterocycles. The van der Waals surface area contributed by atoms with Crippen molar-refractivity contribution in [2.75, 3.05) is 47.0 Å². The largest absolute Gasteiger partial charge is 0.449 e. The molecule has 4 atom stereocenters. The van der Waals surface area contributed by atoms with E-state index in [2.05, 4.69) is 13.9 Å². The van der Waals surface area contributed by atoms with Gasteiger partial charge in [0.2, 0.25) is 0 Å². The van der Waals surface area contributed by atoms with Crippen molar-refractivity contribution in [2.45, 2.75) is 76.7 Å². The highest BCUT2D eigenvalue weighted by atomic mass is 32.1. The van der Waals surface area contributed by atoms with Gasteiger partial charge in [0.1, 0.15) is 6.10 Å². The molecular weight excluding hydrogens is 534 g/mol. The van der Waals surface area contributed by atoms with E-state index in [1.165, 1.54) is 52.4 Å². The Balaban J connectivity index is 1.59. The van der Waals surface area contributed by atoms with E-state index < -0.39 is 36.9 Å². The third kappa shape index (κ3) is 9.28. The molecule has 1 aliphatic carbocycles. The third-order valence-electron chi connectivity index (χ3n) is 6.79. The van der Waals surface area contributed by atoms with Crippen LogP contribution in [0.1, 0.15) is 63.2 Å². The molecule has 2 aliphatic rings. The molecule has 1 N–H and O–H groups in total. The van der Waals surface area contributed by atoms with Crippen LogP contribution >= 0.6 is 16.1 Å². The van der Waals surface area contributed by atoms with Crippen molar-refractivity contribution in [3.05, 3.63) is 32.6 Å². The lowest BCUT2D eigenvalue weighted by molar-refractivity contribution is -0.127. The number of amides is 1. The van der Waals surface area contributed by atoms with Crippen LogP contribution in [-0.2, 0) is 23.3 Å². The van der Waals surface area contributed by atoms with Crippen molar-refractivity contribution in [1.82, 2.24) is 19.1 Å². The summed E-state index contributed by atoms with van der Waals surface area (Å²) in [6.45, 7) is 2.39. The van der Waals surface area contributed by atoms with Crippen molar-refractivity contribution in [3.8, 4) is 0 Å². The first-order valence-corrected chi connectivity index (χ1v) is 16.5. The van der Waals surface area contributed by atoms with Crippen molar-refractivity contribution in [2.24, 2.45) is 0 Å². The Morgan fingerprint density at radius 3 is 2.53 bits per heavy atom. The summed E-state index contributed by atoms with van der Waals surface area (Å²) in [4.78, 5) is 41.0. The molecular formula is C24H42N4O8P2. The summed E-state index contributed by atoms with van der Waals surface area (Å²) in [5, 5.41) is 0. The Labute approximate surface area is 225 Å². The number of carbonyl (C=O) groups is 1. The highest BCUT2D eigenvalue weighted by Gasteiger charge is 2.34. The predicted octanol–water partition coefficient (Wildman–Crippen LogP) is 3.26. The quantitative estimate of drug-likeness (QED) is 0.329.